The minimum atomic E-state index is -0.959. The van der Waals surface area contributed by atoms with Crippen molar-refractivity contribution >= 4 is 23.6 Å². The highest BCUT2D eigenvalue weighted by molar-refractivity contribution is 6.23. The zero-order chi connectivity index (χ0) is 19.4. The Morgan fingerprint density at radius 1 is 1.15 bits per heavy atom. The number of piperidine rings is 1. The molecule has 3 aliphatic rings. The summed E-state index contributed by atoms with van der Waals surface area (Å²) >= 11 is 0. The second-order valence-electron chi connectivity index (χ2n) is 6.47. The molecule has 1 atom stereocenters. The average Bonchev–Trinajstić information content (AvgIpc) is 2.90. The van der Waals surface area contributed by atoms with Crippen LogP contribution in [0.5, 0.6) is 0 Å². The van der Waals surface area contributed by atoms with Crippen molar-refractivity contribution in [3.63, 3.8) is 0 Å². The molecule has 0 saturated carbocycles. The van der Waals surface area contributed by atoms with Gasteiger partial charge in [0, 0.05) is 18.5 Å². The average molecular weight is 377 g/mol. The second kappa shape index (κ2) is 8.45. The Bertz CT molecular complexity index is 727. The lowest BCUT2D eigenvalue weighted by atomic mass is 9.98. The SMILES string of the molecule is CNCCOCCOC1=CCCC2=C1C(=O)N(C1CCC(=O)NC1=O)C2=O. The van der Waals surface area contributed by atoms with Crippen LogP contribution < -0.4 is 10.6 Å². The maximum Gasteiger partial charge on any atom is 0.265 e. The molecule has 0 aromatic heterocycles. The molecule has 3 rings (SSSR count). The first-order valence-corrected chi connectivity index (χ1v) is 9.05. The molecule has 1 unspecified atom stereocenters. The number of rotatable bonds is 8. The van der Waals surface area contributed by atoms with Crippen LogP contribution in [-0.2, 0) is 28.7 Å². The lowest BCUT2D eigenvalue weighted by Crippen LogP contribution is -2.54. The molecule has 2 aliphatic heterocycles. The van der Waals surface area contributed by atoms with E-state index in [4.69, 9.17) is 9.47 Å². The fraction of sp³-hybridized carbons (Fsp3) is 0.556. The highest BCUT2D eigenvalue weighted by atomic mass is 16.5. The van der Waals surface area contributed by atoms with Crippen LogP contribution in [-0.4, -0.2) is 68.0 Å². The van der Waals surface area contributed by atoms with Gasteiger partial charge in [0.15, 0.2) is 0 Å². The molecule has 1 fully saturated rings. The normalized spacial score (nSPS) is 22.8. The van der Waals surface area contributed by atoms with Gasteiger partial charge in [-0.1, -0.05) is 0 Å². The van der Waals surface area contributed by atoms with Gasteiger partial charge in [-0.05, 0) is 32.4 Å². The van der Waals surface area contributed by atoms with Crippen molar-refractivity contribution in [2.45, 2.75) is 31.7 Å². The third-order valence-electron chi connectivity index (χ3n) is 4.69. The molecule has 0 bridgehead atoms. The van der Waals surface area contributed by atoms with Crippen molar-refractivity contribution in [2.24, 2.45) is 0 Å². The van der Waals surface area contributed by atoms with E-state index in [1.54, 1.807) is 6.08 Å². The Hall–Kier alpha value is -2.52. The summed E-state index contributed by atoms with van der Waals surface area (Å²) in [5, 5.41) is 5.15. The first-order chi connectivity index (χ1) is 13.0. The zero-order valence-corrected chi connectivity index (χ0v) is 15.2. The molecular weight excluding hydrogens is 354 g/mol. The van der Waals surface area contributed by atoms with Gasteiger partial charge in [0.25, 0.3) is 11.8 Å². The predicted molar refractivity (Wildman–Crippen MR) is 93.1 cm³/mol. The number of carbonyl (C=O) groups excluding carboxylic acids is 4. The van der Waals surface area contributed by atoms with Crippen LogP contribution in [0.3, 0.4) is 0 Å². The number of likely N-dealkylation sites (N-methyl/N-ethyl adjacent to an activating group) is 1. The van der Waals surface area contributed by atoms with Gasteiger partial charge in [0.2, 0.25) is 11.8 Å². The number of nitrogens with one attached hydrogen (secondary N) is 2. The Balaban J connectivity index is 1.66. The number of hydrogen-bond donors (Lipinski definition) is 2. The molecule has 146 valence electrons. The lowest BCUT2D eigenvalue weighted by Gasteiger charge is -2.28. The van der Waals surface area contributed by atoms with Crippen LogP contribution >= 0.6 is 0 Å². The van der Waals surface area contributed by atoms with Crippen molar-refractivity contribution in [3.05, 3.63) is 23.0 Å². The molecule has 1 aliphatic carbocycles. The van der Waals surface area contributed by atoms with Gasteiger partial charge in [-0.25, -0.2) is 0 Å². The topological polar surface area (TPSA) is 114 Å². The zero-order valence-electron chi connectivity index (χ0n) is 15.2. The van der Waals surface area contributed by atoms with Crippen LogP contribution in [0, 0.1) is 0 Å². The molecule has 4 amide bonds. The van der Waals surface area contributed by atoms with Crippen LogP contribution in [0.2, 0.25) is 0 Å². The van der Waals surface area contributed by atoms with Crippen LogP contribution in [0.4, 0.5) is 0 Å². The first kappa shape index (κ1) is 19.2. The third-order valence-corrected chi connectivity index (χ3v) is 4.69. The van der Waals surface area contributed by atoms with E-state index in [2.05, 4.69) is 10.6 Å². The summed E-state index contributed by atoms with van der Waals surface area (Å²) in [4.78, 5) is 50.0. The van der Waals surface area contributed by atoms with Crippen molar-refractivity contribution in [1.29, 1.82) is 0 Å². The summed E-state index contributed by atoms with van der Waals surface area (Å²) in [6, 6.07) is -0.959. The van der Waals surface area contributed by atoms with Gasteiger partial charge in [0.05, 0.1) is 18.8 Å². The number of allylic oxidation sites excluding steroid dienone is 1. The van der Waals surface area contributed by atoms with Crippen LogP contribution in [0.15, 0.2) is 23.0 Å². The Morgan fingerprint density at radius 2 is 1.96 bits per heavy atom. The van der Waals surface area contributed by atoms with Crippen LogP contribution in [0.1, 0.15) is 25.7 Å². The molecule has 0 aromatic rings. The summed E-state index contributed by atoms with van der Waals surface area (Å²) in [6.45, 7) is 1.90. The van der Waals surface area contributed by atoms with E-state index in [9.17, 15) is 19.2 Å². The smallest absolute Gasteiger partial charge is 0.265 e. The lowest BCUT2D eigenvalue weighted by molar-refractivity contribution is -0.150. The molecule has 1 saturated heterocycles. The van der Waals surface area contributed by atoms with E-state index in [1.165, 1.54) is 0 Å². The number of imide groups is 2. The van der Waals surface area contributed by atoms with Crippen molar-refractivity contribution in [1.82, 2.24) is 15.5 Å². The summed E-state index contributed by atoms with van der Waals surface area (Å²) < 4.78 is 11.1. The van der Waals surface area contributed by atoms with Gasteiger partial charge < -0.3 is 14.8 Å². The van der Waals surface area contributed by atoms with Crippen molar-refractivity contribution in [3.8, 4) is 0 Å². The fourth-order valence-corrected chi connectivity index (χ4v) is 3.36. The molecule has 9 heteroatoms. The maximum absolute atomic E-state index is 12.9. The van der Waals surface area contributed by atoms with Crippen LogP contribution in [0.25, 0.3) is 0 Å². The van der Waals surface area contributed by atoms with E-state index in [0.717, 1.165) is 11.4 Å². The molecule has 0 spiro atoms. The van der Waals surface area contributed by atoms with E-state index < -0.39 is 29.7 Å². The maximum atomic E-state index is 12.9. The molecule has 9 nitrogen and oxygen atoms in total. The highest BCUT2D eigenvalue weighted by Crippen LogP contribution is 2.36. The van der Waals surface area contributed by atoms with Crippen molar-refractivity contribution in [2.75, 3.05) is 33.4 Å². The monoisotopic (exact) mass is 377 g/mol. The first-order valence-electron chi connectivity index (χ1n) is 9.05. The van der Waals surface area contributed by atoms with Gasteiger partial charge in [-0.2, -0.15) is 0 Å². The number of hydrogen-bond acceptors (Lipinski definition) is 7. The third kappa shape index (κ3) is 3.93. The van der Waals surface area contributed by atoms with Gasteiger partial charge >= 0.3 is 0 Å². The molecule has 2 N–H and O–H groups in total. The van der Waals surface area contributed by atoms with Gasteiger partial charge in [0.1, 0.15) is 18.4 Å². The number of ether oxygens (including phenoxy) is 2. The standard InChI is InChI=1S/C18H23N3O6/c1-19-7-8-26-9-10-27-13-4-2-3-11-15(13)18(25)21(17(11)24)12-5-6-14(22)20-16(12)23/h4,12,19H,2-3,5-10H2,1H3,(H,20,22,23). The molecule has 0 radical (unpaired) electrons. The Morgan fingerprint density at radius 3 is 2.70 bits per heavy atom. The summed E-state index contributed by atoms with van der Waals surface area (Å²) in [5.41, 5.74) is 0.601. The molecular formula is C18H23N3O6. The number of amides is 4. The Labute approximate surface area is 156 Å². The van der Waals surface area contributed by atoms with Gasteiger partial charge in [-0.15, -0.1) is 0 Å². The molecule has 0 aromatic carbocycles. The minimum absolute atomic E-state index is 0.0985. The predicted octanol–water partition coefficient (Wildman–Crippen LogP) is -0.613. The Kier molecular flexibility index (Phi) is 6.02. The van der Waals surface area contributed by atoms with E-state index >= 15 is 0 Å². The largest absolute Gasteiger partial charge is 0.491 e. The summed E-state index contributed by atoms with van der Waals surface area (Å²) in [6.07, 6.45) is 3.03. The number of nitrogens with zero attached hydrogens (tertiary/aromatic N) is 1. The van der Waals surface area contributed by atoms with E-state index in [0.29, 0.717) is 37.4 Å². The highest BCUT2D eigenvalue weighted by Gasteiger charge is 2.47. The molecule has 2 heterocycles. The molecule has 27 heavy (non-hydrogen) atoms. The second-order valence-corrected chi connectivity index (χ2v) is 6.47. The van der Waals surface area contributed by atoms with E-state index in [1.807, 2.05) is 7.05 Å². The fourth-order valence-electron chi connectivity index (χ4n) is 3.36. The van der Waals surface area contributed by atoms with Crippen molar-refractivity contribution < 1.29 is 28.7 Å². The quantitative estimate of drug-likeness (QED) is 0.428. The summed E-state index contributed by atoms with van der Waals surface area (Å²) in [5.74, 6) is -1.65. The van der Waals surface area contributed by atoms with E-state index in [-0.39, 0.29) is 25.0 Å². The number of carbonyl (C=O) groups is 4. The van der Waals surface area contributed by atoms with Gasteiger partial charge in [-0.3, -0.25) is 29.4 Å². The minimum Gasteiger partial charge on any atom is -0.491 e. The summed E-state index contributed by atoms with van der Waals surface area (Å²) in [7, 11) is 1.83.